The maximum Gasteiger partial charge on any atom is 0.143 e. The Morgan fingerprint density at radius 2 is 1.84 bits per heavy atom. The summed E-state index contributed by atoms with van der Waals surface area (Å²) in [4.78, 5) is 6.58. The summed E-state index contributed by atoms with van der Waals surface area (Å²) in [5, 5.41) is 0. The number of hydrogen-bond acceptors (Lipinski definition) is 3. The van der Waals surface area contributed by atoms with E-state index in [9.17, 15) is 4.39 Å². The van der Waals surface area contributed by atoms with Crippen LogP contribution in [0.2, 0.25) is 0 Å². The third kappa shape index (κ3) is 2.88. The summed E-state index contributed by atoms with van der Waals surface area (Å²) in [5.74, 6) is 0.392. The zero-order valence-electron chi connectivity index (χ0n) is 10.7. The lowest BCUT2D eigenvalue weighted by molar-refractivity contribution is 0.628. The van der Waals surface area contributed by atoms with E-state index in [2.05, 4.69) is 4.98 Å². The first-order valence-corrected chi connectivity index (χ1v) is 6.16. The Bertz CT molecular complexity index is 611. The number of nitrogens with two attached hydrogens (primary N) is 1. The molecule has 0 aliphatic carbocycles. The Morgan fingerprint density at radius 3 is 2.42 bits per heavy atom. The Balaban J connectivity index is 2.48. The van der Waals surface area contributed by atoms with Crippen LogP contribution in [0.15, 0.2) is 36.4 Å². The second-order valence-corrected chi connectivity index (χ2v) is 4.66. The number of aryl methyl sites for hydroxylation is 1. The highest BCUT2D eigenvalue weighted by Gasteiger charge is 2.13. The van der Waals surface area contributed by atoms with Crippen molar-refractivity contribution in [2.24, 2.45) is 5.73 Å². The number of aromatic nitrogens is 1. The van der Waals surface area contributed by atoms with Gasteiger partial charge in [-0.25, -0.2) is 9.37 Å². The van der Waals surface area contributed by atoms with Gasteiger partial charge in [0.15, 0.2) is 0 Å². The fourth-order valence-electron chi connectivity index (χ4n) is 1.78. The smallest absolute Gasteiger partial charge is 0.143 e. The van der Waals surface area contributed by atoms with E-state index in [-0.39, 0.29) is 10.8 Å². The Labute approximate surface area is 116 Å². The summed E-state index contributed by atoms with van der Waals surface area (Å²) >= 11 is 5.03. The average Bonchev–Trinajstić information content (AvgIpc) is 2.38. The molecule has 5 heteroatoms. The van der Waals surface area contributed by atoms with Crippen molar-refractivity contribution in [1.29, 1.82) is 0 Å². The van der Waals surface area contributed by atoms with E-state index in [0.717, 1.165) is 11.4 Å². The number of rotatable bonds is 3. The van der Waals surface area contributed by atoms with Gasteiger partial charge in [0.2, 0.25) is 0 Å². The molecule has 0 unspecified atom stereocenters. The number of hydrogen-bond donors (Lipinski definition) is 1. The first-order valence-electron chi connectivity index (χ1n) is 5.76. The van der Waals surface area contributed by atoms with Crippen LogP contribution in [0, 0.1) is 12.7 Å². The van der Waals surface area contributed by atoms with Crippen LogP contribution < -0.4 is 10.6 Å². The third-order valence-corrected chi connectivity index (χ3v) is 3.03. The molecule has 0 fully saturated rings. The third-order valence-electron chi connectivity index (χ3n) is 2.81. The van der Waals surface area contributed by atoms with Crippen molar-refractivity contribution in [2.75, 3.05) is 11.9 Å². The van der Waals surface area contributed by atoms with Crippen LogP contribution in [0.25, 0.3) is 0 Å². The van der Waals surface area contributed by atoms with Crippen molar-refractivity contribution in [3.63, 3.8) is 0 Å². The van der Waals surface area contributed by atoms with E-state index in [0.29, 0.717) is 11.4 Å². The van der Waals surface area contributed by atoms with Crippen molar-refractivity contribution >= 4 is 28.7 Å². The largest absolute Gasteiger partial charge is 0.389 e. The maximum absolute atomic E-state index is 12.9. The zero-order chi connectivity index (χ0) is 14.0. The van der Waals surface area contributed by atoms with E-state index in [4.69, 9.17) is 18.0 Å². The van der Waals surface area contributed by atoms with Crippen molar-refractivity contribution in [3.8, 4) is 0 Å². The summed E-state index contributed by atoms with van der Waals surface area (Å²) in [6.07, 6.45) is 0. The van der Waals surface area contributed by atoms with Crippen molar-refractivity contribution in [1.82, 2.24) is 4.98 Å². The molecule has 1 aromatic carbocycles. The lowest BCUT2D eigenvalue weighted by atomic mass is 10.2. The number of anilines is 2. The molecule has 0 radical (unpaired) electrons. The highest BCUT2D eigenvalue weighted by atomic mass is 32.1. The molecule has 2 rings (SSSR count). The Hall–Kier alpha value is -2.01. The Kier molecular flexibility index (Phi) is 3.76. The minimum atomic E-state index is -0.274. The number of nitrogens with zero attached hydrogens (tertiary/aromatic N) is 2. The summed E-state index contributed by atoms with van der Waals surface area (Å²) in [6, 6.07) is 9.88. The number of benzene rings is 1. The molecule has 2 aromatic rings. The van der Waals surface area contributed by atoms with E-state index < -0.39 is 0 Å². The summed E-state index contributed by atoms with van der Waals surface area (Å²) < 4.78 is 12.9. The van der Waals surface area contributed by atoms with Gasteiger partial charge in [-0.1, -0.05) is 12.2 Å². The van der Waals surface area contributed by atoms with Gasteiger partial charge in [-0.15, -0.1) is 0 Å². The molecule has 0 aliphatic heterocycles. The second kappa shape index (κ2) is 5.32. The molecule has 3 nitrogen and oxygen atoms in total. The SMILES string of the molecule is Cc1ccc(C(N)=S)c(N(C)c2ccc(F)cc2)n1. The van der Waals surface area contributed by atoms with Gasteiger partial charge in [-0.3, -0.25) is 0 Å². The van der Waals surface area contributed by atoms with Gasteiger partial charge in [-0.05, 0) is 43.3 Å². The molecule has 2 N–H and O–H groups in total. The topological polar surface area (TPSA) is 42.1 Å². The van der Waals surface area contributed by atoms with Crippen molar-refractivity contribution in [3.05, 3.63) is 53.5 Å². The van der Waals surface area contributed by atoms with Crippen LogP contribution in [0.3, 0.4) is 0 Å². The highest BCUT2D eigenvalue weighted by Crippen LogP contribution is 2.25. The lowest BCUT2D eigenvalue weighted by Crippen LogP contribution is -2.19. The molecular formula is C14H14FN3S. The monoisotopic (exact) mass is 275 g/mol. The van der Waals surface area contributed by atoms with Crippen LogP contribution in [0.1, 0.15) is 11.3 Å². The zero-order valence-corrected chi connectivity index (χ0v) is 11.5. The normalized spacial score (nSPS) is 10.3. The maximum atomic E-state index is 12.9. The van der Waals surface area contributed by atoms with Gasteiger partial charge in [0.25, 0.3) is 0 Å². The first-order chi connectivity index (χ1) is 8.99. The second-order valence-electron chi connectivity index (χ2n) is 4.22. The molecular weight excluding hydrogens is 261 g/mol. The fraction of sp³-hybridized carbons (Fsp3) is 0.143. The average molecular weight is 275 g/mol. The molecule has 0 aliphatic rings. The lowest BCUT2D eigenvalue weighted by Gasteiger charge is -2.21. The molecule has 0 spiro atoms. The quantitative estimate of drug-likeness (QED) is 0.875. The van der Waals surface area contributed by atoms with Gasteiger partial charge in [0, 0.05) is 18.4 Å². The summed E-state index contributed by atoms with van der Waals surface area (Å²) in [5.41, 5.74) is 8.09. The van der Waals surface area contributed by atoms with Gasteiger partial charge in [-0.2, -0.15) is 0 Å². The first kappa shape index (κ1) is 13.4. The van der Waals surface area contributed by atoms with Crippen LogP contribution >= 0.6 is 12.2 Å². The minimum absolute atomic E-state index is 0.274. The molecule has 0 bridgehead atoms. The van der Waals surface area contributed by atoms with Crippen LogP contribution in [0.5, 0.6) is 0 Å². The molecule has 0 saturated heterocycles. The van der Waals surface area contributed by atoms with Gasteiger partial charge in [0.1, 0.15) is 16.6 Å². The van der Waals surface area contributed by atoms with E-state index in [1.807, 2.05) is 31.0 Å². The van der Waals surface area contributed by atoms with Crippen LogP contribution in [-0.2, 0) is 0 Å². The van der Waals surface area contributed by atoms with Gasteiger partial charge in [0.05, 0.1) is 5.56 Å². The number of halogens is 1. The molecule has 0 saturated carbocycles. The predicted octanol–water partition coefficient (Wildman–Crippen LogP) is 2.93. The molecule has 1 heterocycles. The van der Waals surface area contributed by atoms with Crippen LogP contribution in [0.4, 0.5) is 15.9 Å². The number of pyridine rings is 1. The fourth-order valence-corrected chi connectivity index (χ4v) is 1.94. The van der Waals surface area contributed by atoms with E-state index in [1.54, 1.807) is 12.1 Å². The molecule has 19 heavy (non-hydrogen) atoms. The molecule has 0 amide bonds. The van der Waals surface area contributed by atoms with E-state index in [1.165, 1.54) is 12.1 Å². The van der Waals surface area contributed by atoms with Crippen molar-refractivity contribution in [2.45, 2.75) is 6.92 Å². The molecule has 1 aromatic heterocycles. The van der Waals surface area contributed by atoms with Crippen LogP contribution in [-0.4, -0.2) is 17.0 Å². The van der Waals surface area contributed by atoms with Gasteiger partial charge >= 0.3 is 0 Å². The molecule has 0 atom stereocenters. The summed E-state index contributed by atoms with van der Waals surface area (Å²) in [6.45, 7) is 1.89. The number of thiocarbonyl (C=S) groups is 1. The minimum Gasteiger partial charge on any atom is -0.389 e. The Morgan fingerprint density at radius 1 is 1.21 bits per heavy atom. The molecule has 98 valence electrons. The predicted molar refractivity (Wildman–Crippen MR) is 79.3 cm³/mol. The van der Waals surface area contributed by atoms with Crippen molar-refractivity contribution < 1.29 is 4.39 Å². The summed E-state index contributed by atoms with van der Waals surface area (Å²) in [7, 11) is 1.84. The van der Waals surface area contributed by atoms with E-state index >= 15 is 0 Å². The van der Waals surface area contributed by atoms with Gasteiger partial charge < -0.3 is 10.6 Å². The standard InChI is InChI=1S/C14H14FN3S/c1-9-3-8-12(13(16)19)14(17-9)18(2)11-6-4-10(15)5-7-11/h3-8H,1-2H3,(H2,16,19). The highest BCUT2D eigenvalue weighted by molar-refractivity contribution is 7.80.